The molecule has 0 radical (unpaired) electrons. The zero-order valence-corrected chi connectivity index (χ0v) is 18.9. The van der Waals surface area contributed by atoms with Crippen molar-refractivity contribution < 1.29 is 22.7 Å². The Labute approximate surface area is 183 Å². The summed E-state index contributed by atoms with van der Waals surface area (Å²) in [6.45, 7) is 0.683. The number of amides is 1. The molecular formula is C21H27ClN2O5S. The van der Waals surface area contributed by atoms with Crippen LogP contribution < -0.4 is 19.1 Å². The van der Waals surface area contributed by atoms with Crippen molar-refractivity contribution in [1.82, 2.24) is 5.32 Å². The van der Waals surface area contributed by atoms with E-state index in [1.165, 1.54) is 17.5 Å². The van der Waals surface area contributed by atoms with Crippen LogP contribution in [0.5, 0.6) is 11.5 Å². The molecule has 0 fully saturated rings. The molecule has 1 amide bonds. The minimum atomic E-state index is -3.52. The molecule has 0 saturated carbocycles. The van der Waals surface area contributed by atoms with Crippen LogP contribution in [0, 0.1) is 0 Å². The van der Waals surface area contributed by atoms with Gasteiger partial charge in [-0.25, -0.2) is 8.42 Å². The van der Waals surface area contributed by atoms with Crippen LogP contribution in [0.3, 0.4) is 0 Å². The quantitative estimate of drug-likeness (QED) is 0.563. The minimum absolute atomic E-state index is 0.121. The van der Waals surface area contributed by atoms with Gasteiger partial charge in [0.25, 0.3) is 0 Å². The Morgan fingerprint density at radius 2 is 1.80 bits per heavy atom. The molecular weight excluding hydrogens is 428 g/mol. The van der Waals surface area contributed by atoms with E-state index < -0.39 is 10.0 Å². The predicted octanol–water partition coefficient (Wildman–Crippen LogP) is 3.26. The molecule has 2 aromatic rings. The van der Waals surface area contributed by atoms with Crippen LogP contribution in [0.25, 0.3) is 0 Å². The summed E-state index contributed by atoms with van der Waals surface area (Å²) in [6.07, 6.45) is 2.43. The Morgan fingerprint density at radius 3 is 2.37 bits per heavy atom. The molecule has 0 heterocycles. The smallest absolute Gasteiger partial charge is 0.232 e. The Hall–Kier alpha value is -2.45. The van der Waals surface area contributed by atoms with Crippen LogP contribution in [0.15, 0.2) is 42.5 Å². The van der Waals surface area contributed by atoms with E-state index in [1.807, 2.05) is 24.3 Å². The van der Waals surface area contributed by atoms with Gasteiger partial charge in [-0.3, -0.25) is 9.10 Å². The SMILES string of the molecule is COc1ccc(CCNC(=O)CCCN(c2ccc(OC)c(Cl)c2)S(C)(=O)=O)cc1. The van der Waals surface area contributed by atoms with Gasteiger partial charge in [0, 0.05) is 19.5 Å². The van der Waals surface area contributed by atoms with Gasteiger partial charge in [0.05, 0.1) is 31.2 Å². The fourth-order valence-corrected chi connectivity index (χ4v) is 4.12. The number of carbonyl (C=O) groups excluding carboxylic acids is 1. The zero-order chi connectivity index (χ0) is 22.1. The number of hydrogen-bond donors (Lipinski definition) is 1. The molecule has 30 heavy (non-hydrogen) atoms. The topological polar surface area (TPSA) is 84.9 Å². The van der Waals surface area contributed by atoms with Crippen LogP contribution in [0.2, 0.25) is 5.02 Å². The lowest BCUT2D eigenvalue weighted by atomic mass is 10.1. The third-order valence-electron chi connectivity index (χ3n) is 4.48. The number of sulfonamides is 1. The number of rotatable bonds is 11. The van der Waals surface area contributed by atoms with Gasteiger partial charge >= 0.3 is 0 Å². The van der Waals surface area contributed by atoms with Gasteiger partial charge < -0.3 is 14.8 Å². The molecule has 0 aliphatic heterocycles. The highest BCUT2D eigenvalue weighted by Crippen LogP contribution is 2.30. The van der Waals surface area contributed by atoms with E-state index in [2.05, 4.69) is 5.32 Å². The second-order valence-corrected chi connectivity index (χ2v) is 9.02. The first-order valence-corrected chi connectivity index (χ1v) is 11.7. The third kappa shape index (κ3) is 7.11. The van der Waals surface area contributed by atoms with Crippen molar-refractivity contribution in [3.63, 3.8) is 0 Å². The molecule has 0 bridgehead atoms. The number of halogens is 1. The molecule has 0 unspecified atom stereocenters. The molecule has 0 aliphatic carbocycles. The normalized spacial score (nSPS) is 11.1. The highest BCUT2D eigenvalue weighted by atomic mass is 35.5. The van der Waals surface area contributed by atoms with Crippen LogP contribution in [-0.2, 0) is 21.2 Å². The largest absolute Gasteiger partial charge is 0.497 e. The maximum Gasteiger partial charge on any atom is 0.232 e. The van der Waals surface area contributed by atoms with Gasteiger partial charge in [-0.15, -0.1) is 0 Å². The second kappa shape index (κ2) is 11.1. The summed E-state index contributed by atoms with van der Waals surface area (Å²) in [7, 11) is -0.416. The highest BCUT2D eigenvalue weighted by Gasteiger charge is 2.19. The molecule has 0 saturated heterocycles. The van der Waals surface area contributed by atoms with Gasteiger partial charge in [0.15, 0.2) is 0 Å². The Balaban J connectivity index is 1.84. The summed E-state index contributed by atoms with van der Waals surface area (Å²) in [6, 6.07) is 12.4. The number of benzene rings is 2. The molecule has 7 nitrogen and oxygen atoms in total. The number of nitrogens with one attached hydrogen (secondary N) is 1. The number of ether oxygens (including phenoxy) is 2. The van der Waals surface area contributed by atoms with E-state index in [9.17, 15) is 13.2 Å². The van der Waals surface area contributed by atoms with Crippen molar-refractivity contribution in [3.8, 4) is 11.5 Å². The van der Waals surface area contributed by atoms with Crippen molar-refractivity contribution in [3.05, 3.63) is 53.1 Å². The second-order valence-electron chi connectivity index (χ2n) is 6.71. The van der Waals surface area contributed by atoms with Crippen molar-refractivity contribution in [2.24, 2.45) is 0 Å². The highest BCUT2D eigenvalue weighted by molar-refractivity contribution is 7.92. The maximum atomic E-state index is 12.2. The summed E-state index contributed by atoms with van der Waals surface area (Å²) in [5, 5.41) is 3.18. The molecule has 164 valence electrons. The molecule has 0 aliphatic rings. The first-order valence-electron chi connectivity index (χ1n) is 9.45. The van der Waals surface area contributed by atoms with E-state index in [1.54, 1.807) is 19.2 Å². The first kappa shape index (κ1) is 23.8. The summed E-state index contributed by atoms with van der Waals surface area (Å²) in [4.78, 5) is 12.1. The van der Waals surface area contributed by atoms with Crippen LogP contribution in [-0.4, -0.2) is 47.9 Å². The van der Waals surface area contributed by atoms with Crippen LogP contribution in [0.1, 0.15) is 18.4 Å². The fraction of sp³-hybridized carbons (Fsp3) is 0.381. The van der Waals surface area contributed by atoms with Gasteiger partial charge in [0.1, 0.15) is 11.5 Å². The van der Waals surface area contributed by atoms with Crippen LogP contribution >= 0.6 is 11.6 Å². The molecule has 9 heteroatoms. The Bertz CT molecular complexity index is 948. The molecule has 2 rings (SSSR count). The molecule has 0 atom stereocenters. The third-order valence-corrected chi connectivity index (χ3v) is 5.97. The van der Waals surface area contributed by atoms with Gasteiger partial charge in [0.2, 0.25) is 15.9 Å². The summed E-state index contributed by atoms with van der Waals surface area (Å²) in [5.74, 6) is 1.13. The van der Waals surface area contributed by atoms with Crippen molar-refractivity contribution in [1.29, 1.82) is 0 Å². The number of anilines is 1. The van der Waals surface area contributed by atoms with E-state index in [0.717, 1.165) is 17.6 Å². The van der Waals surface area contributed by atoms with Crippen LogP contribution in [0.4, 0.5) is 5.69 Å². The van der Waals surface area contributed by atoms with Crippen molar-refractivity contribution in [2.75, 3.05) is 37.9 Å². The minimum Gasteiger partial charge on any atom is -0.497 e. The van der Waals surface area contributed by atoms with E-state index >= 15 is 0 Å². The number of nitrogens with zero attached hydrogens (tertiary/aromatic N) is 1. The maximum absolute atomic E-state index is 12.2. The average molecular weight is 455 g/mol. The zero-order valence-electron chi connectivity index (χ0n) is 17.4. The monoisotopic (exact) mass is 454 g/mol. The Morgan fingerprint density at radius 1 is 1.10 bits per heavy atom. The fourth-order valence-electron chi connectivity index (χ4n) is 2.91. The summed E-state index contributed by atoms with van der Waals surface area (Å²) >= 11 is 6.12. The average Bonchev–Trinajstić information content (AvgIpc) is 2.70. The predicted molar refractivity (Wildman–Crippen MR) is 119 cm³/mol. The Kier molecular flexibility index (Phi) is 8.80. The van der Waals surface area contributed by atoms with Gasteiger partial charge in [-0.1, -0.05) is 23.7 Å². The van der Waals surface area contributed by atoms with E-state index in [-0.39, 0.29) is 18.9 Å². The molecule has 1 N–H and O–H groups in total. The lowest BCUT2D eigenvalue weighted by Gasteiger charge is -2.23. The van der Waals surface area contributed by atoms with Crippen molar-refractivity contribution >= 4 is 33.2 Å². The summed E-state index contributed by atoms with van der Waals surface area (Å²) in [5.41, 5.74) is 1.53. The first-order chi connectivity index (χ1) is 14.2. The van der Waals surface area contributed by atoms with Gasteiger partial charge in [-0.05, 0) is 48.7 Å². The molecule has 0 aromatic heterocycles. The number of methoxy groups -OCH3 is 2. The van der Waals surface area contributed by atoms with Gasteiger partial charge in [-0.2, -0.15) is 0 Å². The van der Waals surface area contributed by atoms with Crippen molar-refractivity contribution in [2.45, 2.75) is 19.3 Å². The van der Waals surface area contributed by atoms with E-state index in [0.29, 0.717) is 35.8 Å². The lowest BCUT2D eigenvalue weighted by Crippen LogP contribution is -2.32. The lowest BCUT2D eigenvalue weighted by molar-refractivity contribution is -0.121. The summed E-state index contributed by atoms with van der Waals surface area (Å²) < 4.78 is 35.8. The molecule has 0 spiro atoms. The number of hydrogen-bond acceptors (Lipinski definition) is 5. The standard InChI is InChI=1S/C21H27ClN2O5S/c1-28-18-9-6-16(7-10-18)12-13-23-21(25)5-4-14-24(30(3,26)27)17-8-11-20(29-2)19(22)15-17/h6-11,15H,4-5,12-14H2,1-3H3,(H,23,25). The van der Waals surface area contributed by atoms with E-state index in [4.69, 9.17) is 21.1 Å². The number of carbonyl (C=O) groups is 1. The molecule has 2 aromatic carbocycles.